The highest BCUT2D eigenvalue weighted by Crippen LogP contribution is 2.28. The minimum absolute atomic E-state index is 0.490. The van der Waals surface area contributed by atoms with E-state index in [9.17, 15) is 0 Å². The third kappa shape index (κ3) is 6.13. The number of fused-ring (bicyclic) bond motifs is 1. The van der Waals surface area contributed by atoms with Gasteiger partial charge in [0.05, 0.1) is 38.7 Å². The molecule has 0 spiro atoms. The number of H-pyrrole nitrogens is 1. The van der Waals surface area contributed by atoms with Gasteiger partial charge >= 0.3 is 0 Å². The van der Waals surface area contributed by atoms with E-state index in [1.165, 1.54) is 0 Å². The highest BCUT2D eigenvalue weighted by atomic mass is 16.5. The summed E-state index contributed by atoms with van der Waals surface area (Å²) in [5, 5.41) is 10.2. The van der Waals surface area contributed by atoms with Crippen LogP contribution in [0.15, 0.2) is 46.8 Å². The standard InChI is InChI=1S/C26H35N7O3/c1-31(2)22-3-4-23-20(18-27-24(23)17-22)19-28-30-21-15-25(33-8-12-35-13-9-33)29-26(16-21)36-14-7-32-5-10-34-11-6-32/h3-4,15-18,27H,5-14,19H2,1-2H3. The van der Waals surface area contributed by atoms with Crippen molar-refractivity contribution < 1.29 is 14.2 Å². The van der Waals surface area contributed by atoms with E-state index in [0.29, 0.717) is 32.2 Å². The van der Waals surface area contributed by atoms with E-state index < -0.39 is 0 Å². The first kappa shape index (κ1) is 24.5. The number of anilines is 2. The number of nitrogens with one attached hydrogen (secondary N) is 1. The van der Waals surface area contributed by atoms with Crippen LogP contribution in [0.25, 0.3) is 10.9 Å². The van der Waals surface area contributed by atoms with Crippen molar-refractivity contribution in [2.75, 3.05) is 89.7 Å². The van der Waals surface area contributed by atoms with Gasteiger partial charge in [0.15, 0.2) is 0 Å². The van der Waals surface area contributed by atoms with Crippen LogP contribution in [0, 0.1) is 0 Å². The Morgan fingerprint density at radius 3 is 2.58 bits per heavy atom. The second-order valence-electron chi connectivity index (χ2n) is 9.26. The van der Waals surface area contributed by atoms with Crippen molar-refractivity contribution in [1.29, 1.82) is 0 Å². The Kier molecular flexibility index (Phi) is 7.95. The maximum atomic E-state index is 6.06. The van der Waals surface area contributed by atoms with E-state index >= 15 is 0 Å². The molecule has 4 heterocycles. The van der Waals surface area contributed by atoms with Crippen LogP contribution in [0.5, 0.6) is 5.88 Å². The Balaban J connectivity index is 1.29. The molecule has 2 aliphatic rings. The Labute approximate surface area is 211 Å². The summed E-state index contributed by atoms with van der Waals surface area (Å²) in [6.45, 7) is 8.32. The van der Waals surface area contributed by atoms with Crippen molar-refractivity contribution in [2.24, 2.45) is 10.2 Å². The highest BCUT2D eigenvalue weighted by molar-refractivity contribution is 5.86. The average molecular weight is 494 g/mol. The van der Waals surface area contributed by atoms with Gasteiger partial charge in [0.25, 0.3) is 0 Å². The molecule has 10 heteroatoms. The highest BCUT2D eigenvalue weighted by Gasteiger charge is 2.16. The van der Waals surface area contributed by atoms with Crippen LogP contribution in [0.3, 0.4) is 0 Å². The Hall–Kier alpha value is -3.21. The maximum Gasteiger partial charge on any atom is 0.217 e. The second kappa shape index (κ2) is 11.7. The van der Waals surface area contributed by atoms with Crippen molar-refractivity contribution in [3.8, 4) is 5.88 Å². The average Bonchev–Trinajstić information content (AvgIpc) is 3.32. The van der Waals surface area contributed by atoms with Crippen LogP contribution in [0.2, 0.25) is 0 Å². The predicted molar refractivity (Wildman–Crippen MR) is 141 cm³/mol. The lowest BCUT2D eigenvalue weighted by Gasteiger charge is -2.28. The van der Waals surface area contributed by atoms with Gasteiger partial charge in [-0.2, -0.15) is 15.2 Å². The van der Waals surface area contributed by atoms with Gasteiger partial charge in [0, 0.05) is 87.3 Å². The lowest BCUT2D eigenvalue weighted by atomic mass is 10.1. The first-order valence-corrected chi connectivity index (χ1v) is 12.6. The Morgan fingerprint density at radius 1 is 1.03 bits per heavy atom. The van der Waals surface area contributed by atoms with Gasteiger partial charge in [-0.1, -0.05) is 6.07 Å². The van der Waals surface area contributed by atoms with Crippen LogP contribution in [-0.2, 0) is 16.0 Å². The van der Waals surface area contributed by atoms with Gasteiger partial charge in [0.2, 0.25) is 5.88 Å². The zero-order valence-corrected chi connectivity index (χ0v) is 21.2. The number of aromatic nitrogens is 2. The molecule has 36 heavy (non-hydrogen) atoms. The molecule has 192 valence electrons. The summed E-state index contributed by atoms with van der Waals surface area (Å²) >= 11 is 0. The molecule has 0 atom stereocenters. The maximum absolute atomic E-state index is 6.06. The number of benzene rings is 1. The number of hydrogen-bond donors (Lipinski definition) is 1. The lowest BCUT2D eigenvalue weighted by molar-refractivity contribution is 0.0320. The fourth-order valence-corrected chi connectivity index (χ4v) is 4.44. The number of nitrogens with zero attached hydrogens (tertiary/aromatic N) is 6. The summed E-state index contributed by atoms with van der Waals surface area (Å²) in [4.78, 5) is 14.8. The molecule has 0 unspecified atom stereocenters. The van der Waals surface area contributed by atoms with Gasteiger partial charge in [-0.05, 0) is 12.1 Å². The first-order valence-electron chi connectivity index (χ1n) is 12.6. The van der Waals surface area contributed by atoms with Crippen LogP contribution < -0.4 is 14.5 Å². The van der Waals surface area contributed by atoms with Gasteiger partial charge in [-0.25, -0.2) is 0 Å². The zero-order chi connectivity index (χ0) is 24.7. The summed E-state index contributed by atoms with van der Waals surface area (Å²) < 4.78 is 17.0. The summed E-state index contributed by atoms with van der Waals surface area (Å²) in [5.74, 6) is 1.42. The molecule has 10 nitrogen and oxygen atoms in total. The fraction of sp³-hybridized carbons (Fsp3) is 0.500. The Morgan fingerprint density at radius 2 is 1.81 bits per heavy atom. The number of morpholine rings is 2. The number of azo groups is 1. The minimum atomic E-state index is 0.490. The molecule has 2 aromatic heterocycles. The third-order valence-electron chi connectivity index (χ3n) is 6.56. The van der Waals surface area contributed by atoms with Crippen LogP contribution in [0.4, 0.5) is 17.2 Å². The lowest BCUT2D eigenvalue weighted by Crippen LogP contribution is -2.38. The molecule has 3 aromatic rings. The van der Waals surface area contributed by atoms with E-state index in [2.05, 4.69) is 48.1 Å². The smallest absolute Gasteiger partial charge is 0.217 e. The molecule has 1 aromatic carbocycles. The molecule has 0 radical (unpaired) electrons. The van der Waals surface area contributed by atoms with Crippen molar-refractivity contribution >= 4 is 28.1 Å². The summed E-state index contributed by atoms with van der Waals surface area (Å²) in [5.41, 5.74) is 4.11. The number of rotatable bonds is 9. The van der Waals surface area contributed by atoms with Crippen molar-refractivity contribution in [3.05, 3.63) is 42.1 Å². The van der Waals surface area contributed by atoms with E-state index in [-0.39, 0.29) is 0 Å². The Bertz CT molecular complexity index is 1170. The van der Waals surface area contributed by atoms with Crippen LogP contribution >= 0.6 is 0 Å². The van der Waals surface area contributed by atoms with Crippen molar-refractivity contribution in [1.82, 2.24) is 14.9 Å². The minimum Gasteiger partial charge on any atom is -0.476 e. The molecule has 2 saturated heterocycles. The number of pyridine rings is 1. The summed E-state index contributed by atoms with van der Waals surface area (Å²) in [7, 11) is 4.08. The molecule has 2 fully saturated rings. The summed E-state index contributed by atoms with van der Waals surface area (Å²) in [6.07, 6.45) is 2.01. The second-order valence-corrected chi connectivity index (χ2v) is 9.26. The molecule has 0 aliphatic carbocycles. The molecular weight excluding hydrogens is 458 g/mol. The topological polar surface area (TPSA) is 90.8 Å². The zero-order valence-electron chi connectivity index (χ0n) is 21.2. The van der Waals surface area contributed by atoms with Crippen LogP contribution in [0.1, 0.15) is 5.56 Å². The van der Waals surface area contributed by atoms with Crippen molar-refractivity contribution in [2.45, 2.75) is 6.54 Å². The fourth-order valence-electron chi connectivity index (χ4n) is 4.44. The van der Waals surface area contributed by atoms with Gasteiger partial charge in [-0.3, -0.25) is 4.90 Å². The monoisotopic (exact) mass is 493 g/mol. The van der Waals surface area contributed by atoms with Gasteiger partial charge in [-0.15, -0.1) is 0 Å². The third-order valence-corrected chi connectivity index (χ3v) is 6.56. The summed E-state index contributed by atoms with van der Waals surface area (Å²) in [6, 6.07) is 10.2. The molecular formula is C26H35N7O3. The molecule has 0 saturated carbocycles. The van der Waals surface area contributed by atoms with Crippen molar-refractivity contribution in [3.63, 3.8) is 0 Å². The van der Waals surface area contributed by atoms with Gasteiger partial charge in [0.1, 0.15) is 12.4 Å². The molecule has 0 amide bonds. The molecule has 0 bridgehead atoms. The van der Waals surface area contributed by atoms with Gasteiger partial charge < -0.3 is 29.0 Å². The van der Waals surface area contributed by atoms with E-state index in [1.54, 1.807) is 0 Å². The van der Waals surface area contributed by atoms with E-state index in [0.717, 1.165) is 79.6 Å². The quantitative estimate of drug-likeness (QED) is 0.457. The normalized spacial score (nSPS) is 17.2. The number of ether oxygens (including phenoxy) is 3. The number of aromatic amines is 1. The predicted octanol–water partition coefficient (Wildman–Crippen LogP) is 3.46. The molecule has 2 aliphatic heterocycles. The SMILES string of the molecule is CN(C)c1ccc2c(CN=Nc3cc(OCCN4CCOCC4)nc(N4CCOCC4)c3)c[nH]c2c1. The largest absolute Gasteiger partial charge is 0.476 e. The number of hydrogen-bond acceptors (Lipinski definition) is 9. The van der Waals surface area contributed by atoms with E-state index in [4.69, 9.17) is 19.2 Å². The molecule has 5 rings (SSSR count). The van der Waals surface area contributed by atoms with Crippen LogP contribution in [-0.4, -0.2) is 94.7 Å². The van der Waals surface area contributed by atoms with E-state index in [1.807, 2.05) is 32.4 Å². The first-order chi connectivity index (χ1) is 17.7. The molecule has 1 N–H and O–H groups in total.